The molecule has 1 atom stereocenters. The summed E-state index contributed by atoms with van der Waals surface area (Å²) >= 11 is 0. The fourth-order valence-corrected chi connectivity index (χ4v) is 4.19. The van der Waals surface area contributed by atoms with Crippen LogP contribution in [0.1, 0.15) is 59.3 Å². The molecule has 1 unspecified atom stereocenters. The molecule has 0 bridgehead atoms. The van der Waals surface area contributed by atoms with Gasteiger partial charge in [-0.2, -0.15) is 5.26 Å². The van der Waals surface area contributed by atoms with Gasteiger partial charge in [-0.1, -0.05) is 12.1 Å². The molecule has 0 amide bonds. The van der Waals surface area contributed by atoms with Crippen LogP contribution in [0, 0.1) is 11.3 Å². The third-order valence-corrected chi connectivity index (χ3v) is 6.11. The van der Waals surface area contributed by atoms with Gasteiger partial charge in [-0.15, -0.1) is 0 Å². The third kappa shape index (κ3) is 4.68. The van der Waals surface area contributed by atoms with Crippen molar-refractivity contribution in [2.24, 2.45) is 0 Å². The minimum atomic E-state index is -2.95. The van der Waals surface area contributed by atoms with E-state index < -0.39 is 53.9 Å². The van der Waals surface area contributed by atoms with Gasteiger partial charge < -0.3 is 15.3 Å². The minimum absolute atomic E-state index is 0.0505. The number of fused-ring (bicyclic) bond motifs is 1. The summed E-state index contributed by atoms with van der Waals surface area (Å²) in [6, 6.07) is 8.09. The molecule has 4 rings (SSSR count). The number of aromatic nitrogens is 2. The quantitative estimate of drug-likeness (QED) is 0.473. The highest BCUT2D eigenvalue weighted by atomic mass is 19.3. The maximum Gasteiger partial charge on any atom is 0.337 e. The molecule has 12 heteroatoms. The van der Waals surface area contributed by atoms with Crippen molar-refractivity contribution in [3.63, 3.8) is 0 Å². The lowest BCUT2D eigenvalue weighted by molar-refractivity contribution is -0.0221. The van der Waals surface area contributed by atoms with Crippen molar-refractivity contribution < 1.29 is 27.5 Å². The lowest BCUT2D eigenvalue weighted by Crippen LogP contribution is -2.41. The summed E-state index contributed by atoms with van der Waals surface area (Å²) in [7, 11) is 0. The summed E-state index contributed by atoms with van der Waals surface area (Å²) in [6.07, 6.45) is -3.03. The molecule has 0 saturated carbocycles. The van der Waals surface area contributed by atoms with Gasteiger partial charge in [0.1, 0.15) is 11.7 Å². The van der Waals surface area contributed by atoms with Gasteiger partial charge in [0.25, 0.3) is 17.9 Å². The van der Waals surface area contributed by atoms with Crippen LogP contribution in [0.5, 0.6) is 0 Å². The highest BCUT2D eigenvalue weighted by molar-refractivity contribution is 5.94. The first-order valence-corrected chi connectivity index (χ1v) is 11.0. The number of carboxylic acids is 1. The van der Waals surface area contributed by atoms with Gasteiger partial charge in [0, 0.05) is 48.9 Å². The SMILES string of the molecule is CC(Nc1ccccc1C(=O)O)c1cc(C(F)F)cn2c(=O)c(C#N)c(N3CCC(F)(F)CC3)nc12. The van der Waals surface area contributed by atoms with Crippen LogP contribution in [0.4, 0.5) is 29.1 Å². The zero-order valence-electron chi connectivity index (χ0n) is 19.0. The van der Waals surface area contributed by atoms with Crippen LogP contribution in [0.15, 0.2) is 41.3 Å². The molecule has 1 aliphatic rings. The van der Waals surface area contributed by atoms with E-state index in [2.05, 4.69) is 10.3 Å². The lowest BCUT2D eigenvalue weighted by atomic mass is 10.0. The Balaban J connectivity index is 1.89. The van der Waals surface area contributed by atoms with Crippen LogP contribution in [0.3, 0.4) is 0 Å². The van der Waals surface area contributed by atoms with E-state index >= 15 is 0 Å². The van der Waals surface area contributed by atoms with E-state index in [1.165, 1.54) is 23.1 Å². The molecule has 8 nitrogen and oxygen atoms in total. The van der Waals surface area contributed by atoms with E-state index in [0.29, 0.717) is 0 Å². The summed E-state index contributed by atoms with van der Waals surface area (Å²) in [5.41, 5.74) is -1.60. The number of rotatable bonds is 6. The zero-order valence-corrected chi connectivity index (χ0v) is 19.0. The van der Waals surface area contributed by atoms with Gasteiger partial charge in [-0.05, 0) is 25.1 Å². The van der Waals surface area contributed by atoms with Gasteiger partial charge in [0.2, 0.25) is 0 Å². The van der Waals surface area contributed by atoms with Crippen molar-refractivity contribution in [3.8, 4) is 6.07 Å². The van der Waals surface area contributed by atoms with E-state index in [1.54, 1.807) is 19.1 Å². The van der Waals surface area contributed by atoms with Crippen LogP contribution in [0.25, 0.3) is 5.65 Å². The Morgan fingerprint density at radius 3 is 2.53 bits per heavy atom. The first-order valence-electron chi connectivity index (χ1n) is 11.0. The molecule has 0 aliphatic carbocycles. The predicted octanol–water partition coefficient (Wildman–Crippen LogP) is 4.61. The lowest BCUT2D eigenvalue weighted by Gasteiger charge is -2.33. The first kappa shape index (κ1) is 25.0. The van der Waals surface area contributed by atoms with Crippen molar-refractivity contribution in [2.75, 3.05) is 23.3 Å². The molecule has 2 aromatic heterocycles. The average Bonchev–Trinajstić information content (AvgIpc) is 2.83. The van der Waals surface area contributed by atoms with E-state index in [1.807, 2.05) is 0 Å². The molecule has 0 spiro atoms. The number of pyridine rings is 1. The van der Waals surface area contributed by atoms with E-state index in [4.69, 9.17) is 0 Å². The van der Waals surface area contributed by atoms with Crippen LogP contribution in [-0.2, 0) is 0 Å². The summed E-state index contributed by atoms with van der Waals surface area (Å²) in [5, 5.41) is 22.1. The van der Waals surface area contributed by atoms with Crippen LogP contribution >= 0.6 is 0 Å². The molecule has 36 heavy (non-hydrogen) atoms. The number of halogens is 4. The highest BCUT2D eigenvalue weighted by Gasteiger charge is 2.36. The first-order chi connectivity index (χ1) is 17.0. The van der Waals surface area contributed by atoms with Gasteiger partial charge in [-0.25, -0.2) is 27.3 Å². The van der Waals surface area contributed by atoms with Crippen molar-refractivity contribution in [2.45, 2.75) is 38.2 Å². The number of para-hydroxylation sites is 1. The maximum atomic E-state index is 13.7. The van der Waals surface area contributed by atoms with Crippen molar-refractivity contribution >= 4 is 23.1 Å². The topological polar surface area (TPSA) is 111 Å². The number of piperidine rings is 1. The van der Waals surface area contributed by atoms with E-state index in [9.17, 15) is 37.5 Å². The maximum absolute atomic E-state index is 13.7. The monoisotopic (exact) mass is 503 g/mol. The Hall–Kier alpha value is -4.14. The second kappa shape index (κ2) is 9.49. The molecular formula is C24H21F4N5O3. The summed E-state index contributed by atoms with van der Waals surface area (Å²) < 4.78 is 55.7. The number of nitriles is 1. The van der Waals surface area contributed by atoms with E-state index in [-0.39, 0.29) is 41.4 Å². The van der Waals surface area contributed by atoms with Crippen LogP contribution in [-0.4, -0.2) is 39.5 Å². The molecule has 0 radical (unpaired) electrons. The second-order valence-electron chi connectivity index (χ2n) is 8.51. The number of anilines is 2. The van der Waals surface area contributed by atoms with Crippen molar-refractivity contribution in [1.82, 2.24) is 9.38 Å². The molecule has 2 N–H and O–H groups in total. The summed E-state index contributed by atoms with van der Waals surface area (Å²) in [5.74, 6) is -4.17. The minimum Gasteiger partial charge on any atom is -0.478 e. The molecule has 1 saturated heterocycles. The van der Waals surface area contributed by atoms with Gasteiger partial charge in [0.15, 0.2) is 11.4 Å². The number of carbonyl (C=O) groups is 1. The number of nitrogens with one attached hydrogen (secondary N) is 1. The largest absolute Gasteiger partial charge is 0.478 e. The fourth-order valence-electron chi connectivity index (χ4n) is 4.19. The number of carboxylic acid groups (broad SMARTS) is 1. The Labute approximate surface area is 202 Å². The fraction of sp³-hybridized carbons (Fsp3) is 0.333. The van der Waals surface area contributed by atoms with Crippen LogP contribution in [0.2, 0.25) is 0 Å². The number of hydrogen-bond donors (Lipinski definition) is 2. The smallest absolute Gasteiger partial charge is 0.337 e. The Morgan fingerprint density at radius 2 is 1.92 bits per heavy atom. The molecule has 1 aromatic carbocycles. The third-order valence-electron chi connectivity index (χ3n) is 6.11. The number of nitrogens with zero attached hydrogens (tertiary/aromatic N) is 4. The molecule has 3 heterocycles. The second-order valence-corrected chi connectivity index (χ2v) is 8.51. The Morgan fingerprint density at radius 1 is 1.25 bits per heavy atom. The standard InChI is InChI=1S/C24H21F4N5O3/c1-13(30-18-5-3-2-4-15(18)23(35)36)16-10-14(19(25)26)12-33-21(16)31-20(17(11-29)22(33)34)32-8-6-24(27,28)7-9-32/h2-5,10,12-13,19,30H,6-9H2,1H3,(H,35,36). The average molecular weight is 503 g/mol. The van der Waals surface area contributed by atoms with Crippen molar-refractivity contribution in [3.05, 3.63) is 69.1 Å². The normalized spacial score (nSPS) is 16.1. The van der Waals surface area contributed by atoms with Gasteiger partial charge in [0.05, 0.1) is 11.6 Å². The molecule has 1 fully saturated rings. The van der Waals surface area contributed by atoms with Gasteiger partial charge >= 0.3 is 5.97 Å². The summed E-state index contributed by atoms with van der Waals surface area (Å²) in [6.45, 7) is 1.29. The van der Waals surface area contributed by atoms with Crippen LogP contribution < -0.4 is 15.8 Å². The Kier molecular flexibility index (Phi) is 6.58. The predicted molar refractivity (Wildman–Crippen MR) is 123 cm³/mol. The molecular weight excluding hydrogens is 482 g/mol. The zero-order chi connectivity index (χ0) is 26.2. The molecule has 1 aliphatic heterocycles. The molecule has 3 aromatic rings. The number of hydrogen-bond acceptors (Lipinski definition) is 6. The highest BCUT2D eigenvalue weighted by Crippen LogP contribution is 2.33. The summed E-state index contributed by atoms with van der Waals surface area (Å²) in [4.78, 5) is 30.6. The molecule has 188 valence electrons. The Bertz CT molecular complexity index is 1420. The van der Waals surface area contributed by atoms with Gasteiger partial charge in [-0.3, -0.25) is 9.20 Å². The number of aromatic carboxylic acids is 1. The number of benzene rings is 1. The van der Waals surface area contributed by atoms with Crippen molar-refractivity contribution in [1.29, 1.82) is 5.26 Å². The van der Waals surface area contributed by atoms with E-state index in [0.717, 1.165) is 16.7 Å². The number of alkyl halides is 4.